The van der Waals surface area contributed by atoms with E-state index in [1.807, 2.05) is 29.6 Å². The summed E-state index contributed by atoms with van der Waals surface area (Å²) in [7, 11) is 1.61. The average Bonchev–Trinajstić information content (AvgIpc) is 3.25. The summed E-state index contributed by atoms with van der Waals surface area (Å²) in [5.41, 5.74) is -1.51. The van der Waals surface area contributed by atoms with E-state index in [-0.39, 0.29) is 6.42 Å². The highest BCUT2D eigenvalue weighted by molar-refractivity contribution is 7.13. The number of methoxy groups -OCH3 is 1. The summed E-state index contributed by atoms with van der Waals surface area (Å²) in [5, 5.41) is 5.72. The molecule has 1 aromatic carbocycles. The number of aromatic nitrogens is 1. The Morgan fingerprint density at radius 3 is 2.50 bits per heavy atom. The van der Waals surface area contributed by atoms with Crippen molar-refractivity contribution in [2.45, 2.75) is 44.8 Å². The second-order valence-corrected chi connectivity index (χ2v) is 8.93. The lowest BCUT2D eigenvalue weighted by Gasteiger charge is -2.21. The van der Waals surface area contributed by atoms with E-state index in [2.05, 4.69) is 10.3 Å². The summed E-state index contributed by atoms with van der Waals surface area (Å²) in [6.45, 7) is 5.40. The number of nitrogens with zero attached hydrogens (tertiary/aromatic N) is 1. The van der Waals surface area contributed by atoms with Crippen LogP contribution in [0.15, 0.2) is 29.6 Å². The number of thiazole rings is 1. The molecule has 0 radical (unpaired) electrons. The average molecular weight is 402 g/mol. The van der Waals surface area contributed by atoms with Crippen LogP contribution in [0.25, 0.3) is 0 Å². The predicted octanol–water partition coefficient (Wildman–Crippen LogP) is 3.77. The van der Waals surface area contributed by atoms with Crippen LogP contribution in [0.1, 0.15) is 39.3 Å². The van der Waals surface area contributed by atoms with Gasteiger partial charge in [0.05, 0.1) is 18.5 Å². The van der Waals surface area contributed by atoms with Crippen molar-refractivity contribution in [3.63, 3.8) is 0 Å². The van der Waals surface area contributed by atoms with E-state index in [0.29, 0.717) is 23.0 Å². The van der Waals surface area contributed by atoms with Crippen LogP contribution >= 0.6 is 11.3 Å². The molecule has 7 nitrogen and oxygen atoms in total. The highest BCUT2D eigenvalue weighted by atomic mass is 32.1. The Kier molecular flexibility index (Phi) is 4.15. The highest BCUT2D eigenvalue weighted by Gasteiger charge is 2.67. The molecule has 2 fully saturated rings. The predicted molar refractivity (Wildman–Crippen MR) is 104 cm³/mol. The molecule has 4 rings (SSSR count). The zero-order valence-corrected chi connectivity index (χ0v) is 17.0. The van der Waals surface area contributed by atoms with Crippen LogP contribution in [-0.2, 0) is 24.7 Å². The second-order valence-electron chi connectivity index (χ2n) is 8.07. The Labute approximate surface area is 167 Å². The summed E-state index contributed by atoms with van der Waals surface area (Å²) in [6, 6.07) is 7.53. The quantitative estimate of drug-likeness (QED) is 0.615. The standard InChI is InChI=1S/C20H22N2O5S/c1-18(2)10-20(15(23)26-18)11-19(3,27-16(20)24)14-9-28-17(22-14)21-12-7-5-6-8-13(12)25-4/h5-9H,10-11H2,1-4H3,(H,21,22)/t19-,20+/m0/s1. The number of hydrogen-bond acceptors (Lipinski definition) is 8. The molecule has 2 atom stereocenters. The van der Waals surface area contributed by atoms with Crippen LogP contribution in [-0.4, -0.2) is 29.6 Å². The fraction of sp³-hybridized carbons (Fsp3) is 0.450. The minimum absolute atomic E-state index is 0.221. The van der Waals surface area contributed by atoms with Crippen LogP contribution in [0, 0.1) is 5.41 Å². The van der Waals surface area contributed by atoms with Crippen molar-refractivity contribution in [2.75, 3.05) is 12.4 Å². The Morgan fingerprint density at radius 2 is 1.82 bits per heavy atom. The number of carbonyl (C=O) groups excluding carboxylic acids is 2. The van der Waals surface area contributed by atoms with Gasteiger partial charge in [0.25, 0.3) is 0 Å². The third-order valence-electron chi connectivity index (χ3n) is 5.23. The lowest BCUT2D eigenvalue weighted by atomic mass is 9.75. The van der Waals surface area contributed by atoms with Gasteiger partial charge in [0.2, 0.25) is 0 Å². The maximum Gasteiger partial charge on any atom is 0.324 e. The molecule has 2 aliphatic heterocycles. The van der Waals surface area contributed by atoms with Crippen molar-refractivity contribution in [1.29, 1.82) is 0 Å². The van der Waals surface area contributed by atoms with E-state index in [9.17, 15) is 9.59 Å². The van der Waals surface area contributed by atoms with Crippen molar-refractivity contribution in [3.8, 4) is 5.75 Å². The smallest absolute Gasteiger partial charge is 0.324 e. The van der Waals surface area contributed by atoms with E-state index in [1.54, 1.807) is 27.9 Å². The first-order valence-electron chi connectivity index (χ1n) is 9.00. The molecular formula is C20H22N2O5S. The molecule has 3 heterocycles. The van der Waals surface area contributed by atoms with Gasteiger partial charge in [0.15, 0.2) is 16.1 Å². The van der Waals surface area contributed by atoms with Crippen LogP contribution < -0.4 is 10.1 Å². The Bertz CT molecular complexity index is 956. The number of nitrogens with one attached hydrogen (secondary N) is 1. The first-order valence-corrected chi connectivity index (χ1v) is 9.88. The summed E-state index contributed by atoms with van der Waals surface area (Å²) >= 11 is 1.40. The van der Waals surface area contributed by atoms with Gasteiger partial charge in [0.1, 0.15) is 11.4 Å². The van der Waals surface area contributed by atoms with Crippen LogP contribution in [0.4, 0.5) is 10.8 Å². The highest BCUT2D eigenvalue weighted by Crippen LogP contribution is 2.54. The zero-order chi connectivity index (χ0) is 20.2. The van der Waals surface area contributed by atoms with Gasteiger partial charge in [-0.15, -0.1) is 11.3 Å². The number of ether oxygens (including phenoxy) is 3. The fourth-order valence-corrected chi connectivity index (χ4v) is 4.89. The van der Waals surface area contributed by atoms with Crippen molar-refractivity contribution >= 4 is 34.1 Å². The number of hydrogen-bond donors (Lipinski definition) is 1. The van der Waals surface area contributed by atoms with Gasteiger partial charge in [-0.1, -0.05) is 12.1 Å². The van der Waals surface area contributed by atoms with Gasteiger partial charge in [-0.2, -0.15) is 0 Å². The molecule has 1 aromatic heterocycles. The topological polar surface area (TPSA) is 86.8 Å². The molecule has 1 spiro atoms. The number of anilines is 2. The van der Waals surface area contributed by atoms with E-state index in [0.717, 1.165) is 5.69 Å². The largest absolute Gasteiger partial charge is 0.495 e. The van der Waals surface area contributed by atoms with Crippen molar-refractivity contribution in [2.24, 2.45) is 5.41 Å². The zero-order valence-electron chi connectivity index (χ0n) is 16.2. The summed E-state index contributed by atoms with van der Waals surface area (Å²) in [5.74, 6) is -0.334. The number of cyclic esters (lactones) is 2. The molecule has 0 aliphatic carbocycles. The molecule has 1 N–H and O–H groups in total. The Balaban J connectivity index is 1.59. The molecule has 0 amide bonds. The number of para-hydroxylation sites is 2. The molecule has 2 aliphatic rings. The van der Waals surface area contributed by atoms with Crippen molar-refractivity contribution in [1.82, 2.24) is 4.98 Å². The summed E-state index contributed by atoms with van der Waals surface area (Å²) < 4.78 is 16.5. The third kappa shape index (κ3) is 2.92. The normalized spacial score (nSPS) is 28.3. The van der Waals surface area contributed by atoms with E-state index in [1.165, 1.54) is 11.3 Å². The van der Waals surface area contributed by atoms with Crippen molar-refractivity contribution in [3.05, 3.63) is 35.3 Å². The molecule has 148 valence electrons. The lowest BCUT2D eigenvalue weighted by molar-refractivity contribution is -0.161. The van der Waals surface area contributed by atoms with Gasteiger partial charge in [-0.3, -0.25) is 9.59 Å². The monoisotopic (exact) mass is 402 g/mol. The van der Waals surface area contributed by atoms with Crippen LogP contribution in [0.5, 0.6) is 5.75 Å². The molecule has 2 aromatic rings. The maximum absolute atomic E-state index is 12.7. The molecule has 8 heteroatoms. The molecule has 0 unspecified atom stereocenters. The lowest BCUT2D eigenvalue weighted by Crippen LogP contribution is -2.32. The minimum Gasteiger partial charge on any atom is -0.495 e. The molecule has 0 saturated carbocycles. The molecule has 28 heavy (non-hydrogen) atoms. The second kappa shape index (κ2) is 6.20. The van der Waals surface area contributed by atoms with Gasteiger partial charge >= 0.3 is 11.9 Å². The Hall–Kier alpha value is -2.61. The van der Waals surface area contributed by atoms with E-state index < -0.39 is 28.6 Å². The number of benzene rings is 1. The summed E-state index contributed by atoms with van der Waals surface area (Å²) in [6.07, 6.45) is 0.530. The number of rotatable bonds is 4. The van der Waals surface area contributed by atoms with Crippen LogP contribution in [0.2, 0.25) is 0 Å². The SMILES string of the molecule is COc1ccccc1Nc1nc([C@]2(C)C[C@@]3(CC(C)(C)OC3=O)C(=O)O2)cs1. The first-order chi connectivity index (χ1) is 13.2. The van der Waals surface area contributed by atoms with Gasteiger partial charge in [0, 0.05) is 18.2 Å². The number of carbonyl (C=O) groups is 2. The van der Waals surface area contributed by atoms with E-state index >= 15 is 0 Å². The third-order valence-corrected chi connectivity index (χ3v) is 5.99. The van der Waals surface area contributed by atoms with E-state index in [4.69, 9.17) is 14.2 Å². The van der Waals surface area contributed by atoms with Crippen molar-refractivity contribution < 1.29 is 23.8 Å². The molecule has 0 bridgehead atoms. The minimum atomic E-state index is -1.25. The molecular weight excluding hydrogens is 380 g/mol. The number of esters is 2. The van der Waals surface area contributed by atoms with Gasteiger partial charge in [-0.05, 0) is 32.9 Å². The van der Waals surface area contributed by atoms with Crippen LogP contribution in [0.3, 0.4) is 0 Å². The first kappa shape index (κ1) is 18.7. The maximum atomic E-state index is 12.7. The fourth-order valence-electron chi connectivity index (χ4n) is 4.04. The summed E-state index contributed by atoms with van der Waals surface area (Å²) in [4.78, 5) is 29.8. The Morgan fingerprint density at radius 1 is 1.11 bits per heavy atom. The molecule has 2 saturated heterocycles. The van der Waals surface area contributed by atoms with Gasteiger partial charge < -0.3 is 19.5 Å². The van der Waals surface area contributed by atoms with Gasteiger partial charge in [-0.25, -0.2) is 4.98 Å².